The second-order valence-corrected chi connectivity index (χ2v) is 12.8. The van der Waals surface area contributed by atoms with Gasteiger partial charge in [-0.1, -0.05) is 11.6 Å². The van der Waals surface area contributed by atoms with Crippen molar-refractivity contribution < 1.29 is 31.9 Å². The molecule has 10 nitrogen and oxygen atoms in total. The summed E-state index contributed by atoms with van der Waals surface area (Å²) < 4.78 is 61.9. The maximum absolute atomic E-state index is 14.4. The molecule has 2 amide bonds. The van der Waals surface area contributed by atoms with Gasteiger partial charge in [-0.05, 0) is 80.9 Å². The van der Waals surface area contributed by atoms with Gasteiger partial charge in [-0.25, -0.2) is 9.18 Å². The number of anilines is 1. The molecular formula is C27H28BrClF4N6O4. The Morgan fingerprint density at radius 3 is 2.47 bits per heavy atom. The number of piperidine rings is 1. The van der Waals surface area contributed by atoms with Crippen molar-refractivity contribution in [1.29, 1.82) is 0 Å². The first-order valence-electron chi connectivity index (χ1n) is 13.5. The predicted molar refractivity (Wildman–Crippen MR) is 152 cm³/mol. The molecule has 1 aliphatic heterocycles. The summed E-state index contributed by atoms with van der Waals surface area (Å²) in [5, 5.41) is 5.68. The van der Waals surface area contributed by atoms with Gasteiger partial charge in [0.05, 0.1) is 11.3 Å². The molecule has 5 rings (SSSR count). The smallest absolute Gasteiger partial charge is 0.419 e. The van der Waals surface area contributed by atoms with Crippen LogP contribution < -0.4 is 10.9 Å². The second-order valence-electron chi connectivity index (χ2n) is 11.7. The molecular weight excluding hydrogens is 664 g/mol. The number of benzene rings is 1. The Labute approximate surface area is 256 Å². The molecule has 1 fully saturated rings. The minimum atomic E-state index is -4.96. The number of hydrogen-bond donors (Lipinski definition) is 1. The number of hydrogen-bond acceptors (Lipinski definition) is 6. The van der Waals surface area contributed by atoms with E-state index in [1.165, 1.54) is 0 Å². The molecule has 3 aromatic rings. The molecule has 0 bridgehead atoms. The van der Waals surface area contributed by atoms with Crippen molar-refractivity contribution in [1.82, 2.24) is 24.1 Å². The zero-order valence-corrected chi connectivity index (χ0v) is 25.8. The Balaban J connectivity index is 1.48. The predicted octanol–water partition coefficient (Wildman–Crippen LogP) is 5.71. The summed E-state index contributed by atoms with van der Waals surface area (Å²) in [5.74, 6) is -2.35. The number of alkyl halides is 3. The van der Waals surface area contributed by atoms with E-state index >= 15 is 0 Å². The first-order chi connectivity index (χ1) is 20.0. The van der Waals surface area contributed by atoms with E-state index in [9.17, 15) is 31.9 Å². The fourth-order valence-electron chi connectivity index (χ4n) is 5.90. The van der Waals surface area contributed by atoms with E-state index in [1.807, 2.05) is 0 Å². The highest BCUT2D eigenvalue weighted by Gasteiger charge is 2.45. The lowest BCUT2D eigenvalue weighted by molar-refractivity contribution is -0.140. The van der Waals surface area contributed by atoms with Crippen LogP contribution in [-0.2, 0) is 34.1 Å². The molecule has 0 radical (unpaired) electrons. The molecule has 1 N–H and O–H groups in total. The molecule has 1 aromatic carbocycles. The Bertz CT molecular complexity index is 1680. The number of fused-ring (bicyclic) bond motifs is 3. The number of aromatic nitrogens is 4. The standard InChI is InChI=1S/C27H28BrClF4N6O4/c1-25(2,3)43-24(42)37-11-9-26(10-12-37)8-4-5-16-18(26)21(41)39-23(35-22(28)36-39)38(16)13-17(40)34-15-7-6-14(27(31,32)33)20(30)19(15)29/h6-7H,4-5,8-13H2,1-3H3,(H,34,40). The molecule has 1 aliphatic carbocycles. The van der Waals surface area contributed by atoms with Gasteiger partial charge in [0.2, 0.25) is 16.4 Å². The third-order valence-electron chi connectivity index (χ3n) is 7.76. The highest BCUT2D eigenvalue weighted by Crippen LogP contribution is 2.44. The third-order valence-corrected chi connectivity index (χ3v) is 8.47. The maximum atomic E-state index is 14.4. The van der Waals surface area contributed by atoms with Gasteiger partial charge < -0.3 is 19.5 Å². The molecule has 43 heavy (non-hydrogen) atoms. The summed E-state index contributed by atoms with van der Waals surface area (Å²) in [7, 11) is 0. The number of rotatable bonds is 3. The van der Waals surface area contributed by atoms with E-state index in [-0.39, 0.29) is 21.8 Å². The largest absolute Gasteiger partial charge is 0.444 e. The van der Waals surface area contributed by atoms with E-state index in [1.54, 1.807) is 30.2 Å². The van der Waals surface area contributed by atoms with E-state index in [2.05, 4.69) is 31.3 Å². The summed E-state index contributed by atoms with van der Waals surface area (Å²) in [6.45, 7) is 5.69. The van der Waals surface area contributed by atoms with Crippen molar-refractivity contribution in [3.05, 3.63) is 54.9 Å². The molecule has 232 valence electrons. The van der Waals surface area contributed by atoms with Crippen LogP contribution in [-0.4, -0.2) is 54.8 Å². The minimum absolute atomic E-state index is 0.0821. The minimum Gasteiger partial charge on any atom is -0.444 e. The van der Waals surface area contributed by atoms with Crippen LogP contribution in [0, 0.1) is 5.82 Å². The van der Waals surface area contributed by atoms with Crippen molar-refractivity contribution >= 4 is 51.0 Å². The zero-order valence-electron chi connectivity index (χ0n) is 23.4. The van der Waals surface area contributed by atoms with Crippen LogP contribution in [0.5, 0.6) is 0 Å². The number of nitrogens with zero attached hydrogens (tertiary/aromatic N) is 5. The van der Waals surface area contributed by atoms with Crippen LogP contribution in [0.2, 0.25) is 5.02 Å². The topological polar surface area (TPSA) is 111 Å². The van der Waals surface area contributed by atoms with Gasteiger partial charge in [0.15, 0.2) is 5.82 Å². The third kappa shape index (κ3) is 5.97. The normalized spacial score (nSPS) is 16.8. The van der Waals surface area contributed by atoms with Crippen LogP contribution in [0.25, 0.3) is 5.78 Å². The van der Waals surface area contributed by atoms with Crippen molar-refractivity contribution in [2.75, 3.05) is 18.4 Å². The van der Waals surface area contributed by atoms with Gasteiger partial charge in [-0.3, -0.25) is 9.59 Å². The lowest BCUT2D eigenvalue weighted by Gasteiger charge is -2.45. The summed E-state index contributed by atoms with van der Waals surface area (Å²) in [6, 6.07) is 1.38. The van der Waals surface area contributed by atoms with E-state index < -0.39 is 52.1 Å². The quantitative estimate of drug-likeness (QED) is 0.353. The summed E-state index contributed by atoms with van der Waals surface area (Å²) >= 11 is 9.04. The van der Waals surface area contributed by atoms with Gasteiger partial charge in [0, 0.05) is 29.8 Å². The van der Waals surface area contributed by atoms with Gasteiger partial charge in [-0.2, -0.15) is 22.7 Å². The number of carbonyl (C=O) groups is 2. The van der Waals surface area contributed by atoms with Crippen LogP contribution in [0.4, 0.5) is 28.0 Å². The Morgan fingerprint density at radius 2 is 1.84 bits per heavy atom. The number of halogens is 6. The molecule has 2 aromatic heterocycles. The lowest BCUT2D eigenvalue weighted by Crippen LogP contribution is -2.50. The average Bonchev–Trinajstić information content (AvgIpc) is 3.30. The van der Waals surface area contributed by atoms with E-state index in [0.29, 0.717) is 62.5 Å². The van der Waals surface area contributed by atoms with Gasteiger partial charge in [-0.15, -0.1) is 5.10 Å². The Kier molecular flexibility index (Phi) is 8.03. The number of ether oxygens (including phenoxy) is 1. The van der Waals surface area contributed by atoms with E-state index in [4.69, 9.17) is 16.3 Å². The fraction of sp³-hybridized carbons (Fsp3) is 0.519. The molecule has 2 aliphatic rings. The Hall–Kier alpha value is -3.20. The van der Waals surface area contributed by atoms with Crippen LogP contribution in [0.1, 0.15) is 63.3 Å². The molecule has 0 unspecified atom stereocenters. The highest BCUT2D eigenvalue weighted by atomic mass is 79.9. The molecule has 16 heteroatoms. The van der Waals surface area contributed by atoms with Gasteiger partial charge in [0.25, 0.3) is 5.56 Å². The highest BCUT2D eigenvalue weighted by molar-refractivity contribution is 9.10. The zero-order chi connectivity index (χ0) is 31.5. The van der Waals surface area contributed by atoms with Crippen LogP contribution in [0.3, 0.4) is 0 Å². The van der Waals surface area contributed by atoms with Gasteiger partial charge in [0.1, 0.15) is 17.2 Å². The van der Waals surface area contributed by atoms with Crippen LogP contribution >= 0.6 is 27.5 Å². The summed E-state index contributed by atoms with van der Waals surface area (Å²) in [5.41, 5.74) is -2.44. The molecule has 0 atom stereocenters. The molecule has 1 saturated heterocycles. The Morgan fingerprint density at radius 1 is 1.16 bits per heavy atom. The monoisotopic (exact) mass is 690 g/mol. The maximum Gasteiger partial charge on any atom is 0.419 e. The second kappa shape index (κ2) is 11.1. The first kappa shape index (κ1) is 31.2. The number of nitrogens with one attached hydrogen (secondary N) is 1. The number of carbonyl (C=O) groups excluding carboxylic acids is 2. The summed E-state index contributed by atoms with van der Waals surface area (Å²) in [4.78, 5) is 45.7. The molecule has 1 spiro atoms. The average molecular weight is 692 g/mol. The first-order valence-corrected chi connectivity index (χ1v) is 14.7. The SMILES string of the molecule is CC(C)(C)OC(=O)N1CCC2(CCCc3c2c(=O)n2nc(Br)nc2n3CC(=O)Nc2ccc(C(F)(F)F)c(F)c2Cl)CC1. The molecule has 3 heterocycles. The number of likely N-dealkylation sites (tertiary alicyclic amines) is 1. The molecule has 0 saturated carbocycles. The van der Waals surface area contributed by atoms with Crippen LogP contribution in [0.15, 0.2) is 21.7 Å². The number of amides is 2. The van der Waals surface area contributed by atoms with Crippen molar-refractivity contribution in [3.63, 3.8) is 0 Å². The van der Waals surface area contributed by atoms with Crippen molar-refractivity contribution in [3.8, 4) is 0 Å². The van der Waals surface area contributed by atoms with Crippen molar-refractivity contribution in [2.45, 2.75) is 76.6 Å². The van der Waals surface area contributed by atoms with Gasteiger partial charge >= 0.3 is 12.3 Å². The van der Waals surface area contributed by atoms with Crippen molar-refractivity contribution in [2.24, 2.45) is 0 Å². The lowest BCUT2D eigenvalue weighted by atomic mass is 9.66. The summed E-state index contributed by atoms with van der Waals surface area (Å²) in [6.07, 6.45) is -2.58. The fourth-order valence-corrected chi connectivity index (χ4v) is 6.42. The van der Waals surface area contributed by atoms with E-state index in [0.717, 1.165) is 10.6 Å².